The smallest absolute Gasteiger partial charge is 0.342 e. The van der Waals surface area contributed by atoms with E-state index in [1.54, 1.807) is 0 Å². The third-order valence-corrected chi connectivity index (χ3v) is 5.16. The zero-order chi connectivity index (χ0) is 20.6. The van der Waals surface area contributed by atoms with Crippen LogP contribution < -0.4 is 5.32 Å². The van der Waals surface area contributed by atoms with Crippen molar-refractivity contribution in [3.8, 4) is 11.3 Å². The Morgan fingerprint density at radius 2 is 2.04 bits per heavy atom. The molecule has 1 amide bonds. The first-order valence-corrected chi connectivity index (χ1v) is 9.28. The van der Waals surface area contributed by atoms with Crippen molar-refractivity contribution in [1.82, 2.24) is 20.0 Å². The van der Waals surface area contributed by atoms with Crippen molar-refractivity contribution in [3.63, 3.8) is 0 Å². The van der Waals surface area contributed by atoms with Gasteiger partial charge in [0.25, 0.3) is 0 Å². The molecule has 1 aliphatic heterocycles. The molecule has 2 aromatic rings. The van der Waals surface area contributed by atoms with Gasteiger partial charge < -0.3 is 15.3 Å². The summed E-state index contributed by atoms with van der Waals surface area (Å²) in [5.74, 6) is -1.88. The zero-order valence-corrected chi connectivity index (χ0v) is 16.6. The molecular weight excluding hydrogens is 366 g/mol. The number of carbonyl (C=O) groups is 1. The number of nitrogens with zero attached hydrogens (tertiary/aromatic N) is 3. The van der Waals surface area contributed by atoms with Crippen molar-refractivity contribution in [2.45, 2.75) is 39.8 Å². The van der Waals surface area contributed by atoms with E-state index in [0.29, 0.717) is 24.2 Å². The first-order valence-electron chi connectivity index (χ1n) is 9.28. The Morgan fingerprint density at radius 3 is 2.64 bits per heavy atom. The molecule has 0 spiro atoms. The van der Waals surface area contributed by atoms with Gasteiger partial charge in [-0.1, -0.05) is 20.8 Å². The summed E-state index contributed by atoms with van der Waals surface area (Å²) in [6, 6.07) is 2.73. The molecule has 3 rings (SSSR count). The number of carbonyl (C=O) groups excluding carboxylic acids is 1. The van der Waals surface area contributed by atoms with Crippen molar-refractivity contribution >= 4 is 6.03 Å². The lowest BCUT2D eigenvalue weighted by Crippen LogP contribution is -2.48. The van der Waals surface area contributed by atoms with Crippen LogP contribution in [0.3, 0.4) is 0 Å². The van der Waals surface area contributed by atoms with Crippen molar-refractivity contribution < 1.29 is 18.7 Å². The predicted molar refractivity (Wildman–Crippen MR) is 102 cm³/mol. The lowest BCUT2D eigenvalue weighted by molar-refractivity contribution is 0.157. The summed E-state index contributed by atoms with van der Waals surface area (Å²) in [6.07, 6.45) is 0.606. The van der Waals surface area contributed by atoms with Crippen LogP contribution in [0.25, 0.3) is 11.3 Å². The van der Waals surface area contributed by atoms with E-state index in [0.717, 1.165) is 29.9 Å². The summed E-state index contributed by atoms with van der Waals surface area (Å²) < 4.78 is 28.4. The van der Waals surface area contributed by atoms with E-state index in [1.807, 2.05) is 27.8 Å². The Labute approximate surface area is 163 Å². The molecule has 2 heterocycles. The van der Waals surface area contributed by atoms with Gasteiger partial charge in [0.15, 0.2) is 11.6 Å². The maximum absolute atomic E-state index is 13.8. The number of halogens is 2. The molecule has 1 unspecified atom stereocenters. The SMILES string of the molecule is CN1CCc2c(c(-c3ccc(F)c(F)c3)nn2C(=O)NC(CO)C(C)(C)C)C1. The Morgan fingerprint density at radius 1 is 1.32 bits per heavy atom. The van der Waals surface area contributed by atoms with Crippen molar-refractivity contribution in [3.05, 3.63) is 41.1 Å². The molecule has 0 radical (unpaired) electrons. The maximum atomic E-state index is 13.8. The number of nitrogens with one attached hydrogen (secondary N) is 1. The van der Waals surface area contributed by atoms with E-state index in [-0.39, 0.29) is 12.0 Å². The van der Waals surface area contributed by atoms with Crippen molar-refractivity contribution in [2.75, 3.05) is 20.2 Å². The van der Waals surface area contributed by atoms with E-state index in [2.05, 4.69) is 15.3 Å². The lowest BCUT2D eigenvalue weighted by Gasteiger charge is -2.30. The number of hydrogen-bond acceptors (Lipinski definition) is 4. The summed E-state index contributed by atoms with van der Waals surface area (Å²) in [5.41, 5.74) is 2.13. The second kappa shape index (κ2) is 7.60. The topological polar surface area (TPSA) is 70.4 Å². The average molecular weight is 392 g/mol. The van der Waals surface area contributed by atoms with Gasteiger partial charge in [0.05, 0.1) is 24.0 Å². The van der Waals surface area contributed by atoms with Crippen LogP contribution in [0, 0.1) is 17.0 Å². The molecule has 152 valence electrons. The minimum atomic E-state index is -0.956. The molecule has 8 heteroatoms. The second-order valence-electron chi connectivity index (χ2n) is 8.35. The van der Waals surface area contributed by atoms with Crippen molar-refractivity contribution in [2.24, 2.45) is 5.41 Å². The van der Waals surface area contributed by atoms with Gasteiger partial charge in [-0.3, -0.25) is 0 Å². The molecule has 0 saturated carbocycles. The number of aromatic nitrogens is 2. The van der Waals surface area contributed by atoms with Crippen LogP contribution in [0.4, 0.5) is 13.6 Å². The third kappa shape index (κ3) is 3.93. The normalized spacial score (nSPS) is 16.0. The first kappa shape index (κ1) is 20.4. The number of fused-ring (bicyclic) bond motifs is 1. The standard InChI is InChI=1S/C20H26F2N4O2/c1-20(2,3)17(11-27)23-19(28)26-16-7-8-25(4)10-13(16)18(24-26)12-5-6-14(21)15(22)9-12/h5-6,9,17,27H,7-8,10-11H2,1-4H3,(H,23,28). The largest absolute Gasteiger partial charge is 0.394 e. The quantitative estimate of drug-likeness (QED) is 0.843. The highest BCUT2D eigenvalue weighted by atomic mass is 19.2. The minimum Gasteiger partial charge on any atom is -0.394 e. The zero-order valence-electron chi connectivity index (χ0n) is 16.6. The summed E-state index contributed by atoms with van der Waals surface area (Å²) in [4.78, 5) is 15.0. The number of benzene rings is 1. The Kier molecular flexibility index (Phi) is 5.54. The molecule has 6 nitrogen and oxygen atoms in total. The molecule has 28 heavy (non-hydrogen) atoms. The van der Waals surface area contributed by atoms with E-state index in [9.17, 15) is 18.7 Å². The van der Waals surface area contributed by atoms with Gasteiger partial charge in [0, 0.05) is 30.6 Å². The van der Waals surface area contributed by atoms with Crippen LogP contribution >= 0.6 is 0 Å². The Balaban J connectivity index is 2.03. The van der Waals surface area contributed by atoms with E-state index >= 15 is 0 Å². The van der Waals surface area contributed by atoms with Crippen LogP contribution in [-0.4, -0.2) is 52.1 Å². The maximum Gasteiger partial charge on any atom is 0.342 e. The summed E-state index contributed by atoms with van der Waals surface area (Å²) in [6.45, 7) is 6.89. The lowest BCUT2D eigenvalue weighted by atomic mass is 9.87. The first-order chi connectivity index (χ1) is 13.1. The van der Waals surface area contributed by atoms with Crippen LogP contribution in [-0.2, 0) is 13.0 Å². The number of amides is 1. The highest BCUT2D eigenvalue weighted by molar-refractivity contribution is 5.79. The number of aliphatic hydroxyl groups excluding tert-OH is 1. The Hall–Kier alpha value is -2.32. The van der Waals surface area contributed by atoms with Gasteiger partial charge in [0.2, 0.25) is 0 Å². The number of hydrogen-bond donors (Lipinski definition) is 2. The molecule has 0 fully saturated rings. The van der Waals surface area contributed by atoms with Crippen LogP contribution in [0.15, 0.2) is 18.2 Å². The molecule has 1 atom stereocenters. The van der Waals surface area contributed by atoms with Gasteiger partial charge in [-0.25, -0.2) is 13.6 Å². The van der Waals surface area contributed by atoms with Crippen LogP contribution in [0.5, 0.6) is 0 Å². The minimum absolute atomic E-state index is 0.197. The average Bonchev–Trinajstić information content (AvgIpc) is 2.99. The second-order valence-corrected chi connectivity index (χ2v) is 8.35. The highest BCUT2D eigenvalue weighted by Gasteiger charge is 2.30. The molecule has 0 aliphatic carbocycles. The van der Waals surface area contributed by atoms with Gasteiger partial charge in [-0.15, -0.1) is 0 Å². The van der Waals surface area contributed by atoms with Gasteiger partial charge >= 0.3 is 6.03 Å². The number of aliphatic hydroxyl groups is 1. The monoisotopic (exact) mass is 392 g/mol. The molecule has 1 aliphatic rings. The molecule has 2 N–H and O–H groups in total. The molecular formula is C20H26F2N4O2. The predicted octanol–water partition coefficient (Wildman–Crippen LogP) is 2.78. The fourth-order valence-electron chi connectivity index (χ4n) is 3.34. The highest BCUT2D eigenvalue weighted by Crippen LogP contribution is 2.30. The van der Waals surface area contributed by atoms with Gasteiger partial charge in [-0.05, 0) is 30.7 Å². The summed E-state index contributed by atoms with van der Waals surface area (Å²) >= 11 is 0. The van der Waals surface area contributed by atoms with Gasteiger partial charge in [-0.2, -0.15) is 9.78 Å². The molecule has 0 saturated heterocycles. The third-order valence-electron chi connectivity index (χ3n) is 5.16. The van der Waals surface area contributed by atoms with Crippen LogP contribution in [0.1, 0.15) is 32.0 Å². The molecule has 1 aromatic heterocycles. The Bertz CT molecular complexity index is 889. The fraction of sp³-hybridized carbons (Fsp3) is 0.500. The fourth-order valence-corrected chi connectivity index (χ4v) is 3.34. The van der Waals surface area contributed by atoms with Crippen LogP contribution in [0.2, 0.25) is 0 Å². The summed E-state index contributed by atoms with van der Waals surface area (Å²) in [7, 11) is 1.96. The van der Waals surface area contributed by atoms with Crippen molar-refractivity contribution in [1.29, 1.82) is 0 Å². The molecule has 1 aromatic carbocycles. The number of rotatable bonds is 3. The van der Waals surface area contributed by atoms with Gasteiger partial charge in [0.1, 0.15) is 0 Å². The van der Waals surface area contributed by atoms with E-state index < -0.39 is 23.7 Å². The molecule has 0 bridgehead atoms. The van der Waals surface area contributed by atoms with E-state index in [1.165, 1.54) is 10.7 Å². The number of likely N-dealkylation sites (N-methyl/N-ethyl adjacent to an activating group) is 1. The summed E-state index contributed by atoms with van der Waals surface area (Å²) in [5, 5.41) is 16.9. The van der Waals surface area contributed by atoms with E-state index in [4.69, 9.17) is 0 Å².